The maximum atomic E-state index is 14.1. The van der Waals surface area contributed by atoms with E-state index in [1.165, 1.54) is 6.07 Å². The van der Waals surface area contributed by atoms with E-state index in [1.807, 2.05) is 38.1 Å². The molecule has 0 aliphatic carbocycles. The molecule has 0 radical (unpaired) electrons. The fourth-order valence-corrected chi connectivity index (χ4v) is 3.33. The summed E-state index contributed by atoms with van der Waals surface area (Å²) in [5.41, 5.74) is 3.87. The van der Waals surface area contributed by atoms with Gasteiger partial charge < -0.3 is 10.6 Å². The van der Waals surface area contributed by atoms with Crippen LogP contribution in [0.1, 0.15) is 22.5 Å². The van der Waals surface area contributed by atoms with E-state index in [9.17, 15) is 4.39 Å². The SMILES string of the molecule is Cc1nn(Cc2c(F)cccc2Cl)c(C)c1NC(=S)NCc1ccc(Cl)cc1. The Labute approximate surface area is 178 Å². The third-order valence-electron chi connectivity index (χ3n) is 4.36. The van der Waals surface area contributed by atoms with Gasteiger partial charge in [0.05, 0.1) is 23.6 Å². The maximum absolute atomic E-state index is 14.1. The van der Waals surface area contributed by atoms with Crippen LogP contribution in [0.25, 0.3) is 0 Å². The summed E-state index contributed by atoms with van der Waals surface area (Å²) in [5.74, 6) is -0.352. The van der Waals surface area contributed by atoms with Crippen LogP contribution in [0.3, 0.4) is 0 Å². The molecule has 0 aliphatic heterocycles. The average Bonchev–Trinajstić information content (AvgIpc) is 2.92. The summed E-state index contributed by atoms with van der Waals surface area (Å²) in [4.78, 5) is 0. The molecule has 0 aliphatic rings. The summed E-state index contributed by atoms with van der Waals surface area (Å²) >= 11 is 17.4. The van der Waals surface area contributed by atoms with Crippen molar-refractivity contribution < 1.29 is 4.39 Å². The summed E-state index contributed by atoms with van der Waals surface area (Å²) in [7, 11) is 0. The van der Waals surface area contributed by atoms with Gasteiger partial charge in [0, 0.05) is 22.2 Å². The molecule has 1 aromatic heterocycles. The number of hydrogen-bond acceptors (Lipinski definition) is 2. The van der Waals surface area contributed by atoms with Crippen molar-refractivity contribution in [2.75, 3.05) is 5.32 Å². The number of aryl methyl sites for hydroxylation is 1. The summed E-state index contributed by atoms with van der Waals surface area (Å²) in [6.07, 6.45) is 0. The Kier molecular flexibility index (Phi) is 6.54. The molecule has 0 saturated carbocycles. The van der Waals surface area contributed by atoms with Crippen LogP contribution in [-0.2, 0) is 13.1 Å². The zero-order valence-corrected chi connectivity index (χ0v) is 17.7. The van der Waals surface area contributed by atoms with Crippen LogP contribution in [0, 0.1) is 19.7 Å². The standard InChI is InChI=1S/C20H19Cl2FN4S/c1-12-19(25-20(28)24-10-14-6-8-15(21)9-7-14)13(2)27(26-12)11-16-17(22)4-3-5-18(16)23/h3-9H,10-11H2,1-2H3,(H2,24,25,28). The van der Waals surface area contributed by atoms with Crippen molar-refractivity contribution in [2.45, 2.75) is 26.9 Å². The number of anilines is 1. The molecule has 0 amide bonds. The fraction of sp³-hybridized carbons (Fsp3) is 0.200. The number of thiocarbonyl (C=S) groups is 1. The number of aromatic nitrogens is 2. The maximum Gasteiger partial charge on any atom is 0.171 e. The molecule has 4 nitrogen and oxygen atoms in total. The first-order valence-corrected chi connectivity index (χ1v) is 9.77. The van der Waals surface area contributed by atoms with Crippen LogP contribution < -0.4 is 10.6 Å². The topological polar surface area (TPSA) is 41.9 Å². The summed E-state index contributed by atoms with van der Waals surface area (Å²) in [6.45, 7) is 4.58. The van der Waals surface area contributed by atoms with Crippen LogP contribution in [0.4, 0.5) is 10.1 Å². The van der Waals surface area contributed by atoms with Crippen LogP contribution in [-0.4, -0.2) is 14.9 Å². The quantitative estimate of drug-likeness (QED) is 0.519. The Morgan fingerprint density at radius 3 is 2.54 bits per heavy atom. The zero-order valence-electron chi connectivity index (χ0n) is 15.4. The molecule has 28 heavy (non-hydrogen) atoms. The number of halogens is 3. The molecule has 1 heterocycles. The largest absolute Gasteiger partial charge is 0.358 e. The van der Waals surface area contributed by atoms with Gasteiger partial charge in [-0.3, -0.25) is 4.68 Å². The molecular formula is C20H19Cl2FN4S. The van der Waals surface area contributed by atoms with Gasteiger partial charge in [-0.1, -0.05) is 41.4 Å². The summed E-state index contributed by atoms with van der Waals surface area (Å²) < 4.78 is 15.8. The molecule has 146 valence electrons. The second-order valence-corrected chi connectivity index (χ2v) is 7.59. The number of benzene rings is 2. The molecule has 0 atom stereocenters. The Hall–Kier alpha value is -2.15. The molecule has 8 heteroatoms. The lowest BCUT2D eigenvalue weighted by atomic mass is 10.2. The van der Waals surface area contributed by atoms with E-state index in [0.717, 1.165) is 22.6 Å². The molecule has 0 bridgehead atoms. The normalized spacial score (nSPS) is 10.8. The second-order valence-electron chi connectivity index (χ2n) is 6.34. The van der Waals surface area contributed by atoms with E-state index in [4.69, 9.17) is 35.4 Å². The van der Waals surface area contributed by atoms with E-state index in [2.05, 4.69) is 15.7 Å². The van der Waals surface area contributed by atoms with E-state index in [0.29, 0.717) is 27.3 Å². The predicted octanol–water partition coefficient (Wildman–Crippen LogP) is 5.48. The van der Waals surface area contributed by atoms with Crippen molar-refractivity contribution >= 4 is 46.2 Å². The van der Waals surface area contributed by atoms with Gasteiger partial charge in [0.15, 0.2) is 5.11 Å². The molecule has 3 aromatic rings. The highest BCUT2D eigenvalue weighted by molar-refractivity contribution is 7.80. The minimum atomic E-state index is -0.352. The molecule has 0 saturated heterocycles. The lowest BCUT2D eigenvalue weighted by molar-refractivity contribution is 0.579. The van der Waals surface area contributed by atoms with Crippen molar-refractivity contribution in [2.24, 2.45) is 0 Å². The Bertz CT molecular complexity index is 982. The van der Waals surface area contributed by atoms with Crippen LogP contribution in [0.15, 0.2) is 42.5 Å². The number of nitrogens with zero attached hydrogens (tertiary/aromatic N) is 2. The summed E-state index contributed by atoms with van der Waals surface area (Å²) in [6, 6.07) is 12.2. The van der Waals surface area contributed by atoms with Gasteiger partial charge >= 0.3 is 0 Å². The molecular weight excluding hydrogens is 418 g/mol. The van der Waals surface area contributed by atoms with Crippen molar-refractivity contribution in [3.8, 4) is 0 Å². The Morgan fingerprint density at radius 2 is 1.86 bits per heavy atom. The first-order valence-electron chi connectivity index (χ1n) is 8.61. The second kappa shape index (κ2) is 8.90. The Balaban J connectivity index is 1.69. The lowest BCUT2D eigenvalue weighted by Crippen LogP contribution is -2.28. The fourth-order valence-electron chi connectivity index (χ4n) is 2.81. The third kappa shape index (κ3) is 4.82. The van der Waals surface area contributed by atoms with Gasteiger partial charge in [-0.15, -0.1) is 0 Å². The van der Waals surface area contributed by atoms with Crippen molar-refractivity contribution in [3.63, 3.8) is 0 Å². The molecule has 2 aromatic carbocycles. The van der Waals surface area contributed by atoms with Crippen molar-refractivity contribution in [1.29, 1.82) is 0 Å². The third-order valence-corrected chi connectivity index (χ3v) is 5.21. The Morgan fingerprint density at radius 1 is 1.14 bits per heavy atom. The van der Waals surface area contributed by atoms with E-state index >= 15 is 0 Å². The van der Waals surface area contributed by atoms with Gasteiger partial charge in [-0.2, -0.15) is 5.10 Å². The minimum Gasteiger partial charge on any atom is -0.358 e. The van der Waals surface area contributed by atoms with Crippen molar-refractivity contribution in [1.82, 2.24) is 15.1 Å². The highest BCUT2D eigenvalue weighted by Crippen LogP contribution is 2.24. The van der Waals surface area contributed by atoms with E-state index in [-0.39, 0.29) is 12.4 Å². The molecule has 3 rings (SSSR count). The lowest BCUT2D eigenvalue weighted by Gasteiger charge is -2.12. The van der Waals surface area contributed by atoms with Gasteiger partial charge in [-0.05, 0) is 55.9 Å². The molecule has 0 spiro atoms. The molecule has 0 unspecified atom stereocenters. The van der Waals surface area contributed by atoms with Crippen molar-refractivity contribution in [3.05, 3.63) is 80.8 Å². The molecule has 2 N–H and O–H groups in total. The number of hydrogen-bond donors (Lipinski definition) is 2. The highest BCUT2D eigenvalue weighted by Gasteiger charge is 2.15. The summed E-state index contributed by atoms with van der Waals surface area (Å²) in [5, 5.41) is 12.4. The van der Waals surface area contributed by atoms with Crippen LogP contribution in [0.5, 0.6) is 0 Å². The van der Waals surface area contributed by atoms with E-state index < -0.39 is 0 Å². The average molecular weight is 437 g/mol. The van der Waals surface area contributed by atoms with Gasteiger partial charge in [0.1, 0.15) is 5.82 Å². The van der Waals surface area contributed by atoms with Crippen LogP contribution in [0.2, 0.25) is 10.0 Å². The zero-order chi connectivity index (χ0) is 20.3. The number of rotatable bonds is 5. The first kappa shape index (κ1) is 20.6. The highest BCUT2D eigenvalue weighted by atomic mass is 35.5. The van der Waals surface area contributed by atoms with Gasteiger partial charge in [-0.25, -0.2) is 4.39 Å². The van der Waals surface area contributed by atoms with Crippen LogP contribution >= 0.6 is 35.4 Å². The first-order chi connectivity index (χ1) is 13.3. The monoisotopic (exact) mass is 436 g/mol. The van der Waals surface area contributed by atoms with E-state index in [1.54, 1.807) is 16.8 Å². The van der Waals surface area contributed by atoms with Gasteiger partial charge in [0.25, 0.3) is 0 Å². The van der Waals surface area contributed by atoms with Gasteiger partial charge in [0.2, 0.25) is 0 Å². The number of nitrogens with one attached hydrogen (secondary N) is 2. The minimum absolute atomic E-state index is 0.241. The predicted molar refractivity (Wildman–Crippen MR) is 117 cm³/mol. The smallest absolute Gasteiger partial charge is 0.171 e. The molecule has 0 fully saturated rings.